The molecule has 0 bridgehead atoms. The summed E-state index contributed by atoms with van der Waals surface area (Å²) in [6.45, 7) is 5.52. The molecule has 292 valence electrons. The van der Waals surface area contributed by atoms with Gasteiger partial charge in [-0.1, -0.05) is 19.3 Å². The summed E-state index contributed by atoms with van der Waals surface area (Å²) in [5, 5.41) is 3.17. The smallest absolute Gasteiger partial charge is 0.407 e. The number of primary amides is 1. The Morgan fingerprint density at radius 3 is 2.28 bits per heavy atom. The Labute approximate surface area is 311 Å². The number of benzene rings is 1. The van der Waals surface area contributed by atoms with Crippen molar-refractivity contribution in [3.05, 3.63) is 30.0 Å². The molecule has 0 radical (unpaired) electrons. The number of ether oxygens (including phenoxy) is 1. The van der Waals surface area contributed by atoms with Crippen LogP contribution in [0.15, 0.2) is 28.7 Å². The summed E-state index contributed by atoms with van der Waals surface area (Å²) in [4.78, 5) is 54.3. The molecule has 1 aromatic carbocycles. The first-order valence-corrected chi connectivity index (χ1v) is 20.7. The van der Waals surface area contributed by atoms with Gasteiger partial charge in [0.2, 0.25) is 0 Å². The van der Waals surface area contributed by atoms with E-state index in [0.717, 1.165) is 44.9 Å². The molecule has 4 amide bonds. The van der Waals surface area contributed by atoms with E-state index in [4.69, 9.17) is 14.9 Å². The number of carbonyl (C=O) groups excluding carboxylic acids is 4. The zero-order chi connectivity index (χ0) is 38.1. The van der Waals surface area contributed by atoms with Crippen LogP contribution in [0.3, 0.4) is 0 Å². The number of quaternary nitrogens is 1. The van der Waals surface area contributed by atoms with Crippen LogP contribution in [0.1, 0.15) is 108 Å². The predicted molar refractivity (Wildman–Crippen MR) is 197 cm³/mol. The number of alkyl carbamates (subject to hydrolysis) is 1. The molecule has 15 heteroatoms. The summed E-state index contributed by atoms with van der Waals surface area (Å²) in [7, 11) is -4.03. The molecule has 13 nitrogen and oxygen atoms in total. The largest absolute Gasteiger partial charge is 0.451 e. The van der Waals surface area contributed by atoms with Gasteiger partial charge < -0.3 is 20.2 Å². The number of halogens is 1. The Bertz CT molecular complexity index is 1790. The Kier molecular flexibility index (Phi) is 11.6. The summed E-state index contributed by atoms with van der Waals surface area (Å²) in [6, 6.07) is 5.08. The number of amides is 4. The first kappa shape index (κ1) is 39.1. The molecule has 2 aliphatic heterocycles. The second-order valence-corrected chi connectivity index (χ2v) is 18.2. The van der Waals surface area contributed by atoms with Crippen LogP contribution in [-0.4, -0.2) is 80.5 Å². The number of nitrogens with one attached hydrogen (secondary N) is 2. The average Bonchev–Trinajstić information content (AvgIpc) is 3.89. The van der Waals surface area contributed by atoms with Crippen LogP contribution >= 0.6 is 0 Å². The van der Waals surface area contributed by atoms with E-state index in [0.29, 0.717) is 68.4 Å². The zero-order valence-electron chi connectivity index (χ0n) is 31.1. The maximum absolute atomic E-state index is 15.1. The Morgan fingerprint density at radius 1 is 0.981 bits per heavy atom. The number of furan rings is 1. The Hall–Kier alpha value is -3.56. The molecule has 3 heterocycles. The number of fused-ring (bicyclic) bond motifs is 1. The van der Waals surface area contributed by atoms with Crippen molar-refractivity contribution < 1.29 is 41.1 Å². The highest BCUT2D eigenvalue weighted by molar-refractivity contribution is 7.87. The van der Waals surface area contributed by atoms with Crippen molar-refractivity contribution in [1.82, 2.24) is 18.8 Å². The second kappa shape index (κ2) is 15.7. The molecule has 53 heavy (non-hydrogen) atoms. The van der Waals surface area contributed by atoms with Crippen molar-refractivity contribution >= 4 is 50.7 Å². The first-order chi connectivity index (χ1) is 25.1. The fraction of sp³-hybridized carbons (Fsp3) is 0.684. The number of rotatable bonds is 10. The van der Waals surface area contributed by atoms with E-state index in [-0.39, 0.29) is 33.9 Å². The molecule has 2 saturated carbocycles. The van der Waals surface area contributed by atoms with Crippen molar-refractivity contribution in [1.29, 1.82) is 0 Å². The molecule has 1 unspecified atom stereocenters. The molecular formula is C38H55FN5O8S+. The number of likely N-dealkylation sites (tertiary alicyclic amines) is 1. The summed E-state index contributed by atoms with van der Waals surface area (Å²) in [6.07, 6.45) is 8.57. The van der Waals surface area contributed by atoms with Gasteiger partial charge in [-0.25, -0.2) is 23.2 Å². The van der Waals surface area contributed by atoms with Gasteiger partial charge in [0.25, 0.3) is 5.91 Å². The number of hydrogen-bond acceptors (Lipinski definition) is 8. The van der Waals surface area contributed by atoms with Crippen LogP contribution in [0.5, 0.6) is 0 Å². The van der Waals surface area contributed by atoms with Crippen molar-refractivity contribution in [2.24, 2.45) is 29.4 Å². The summed E-state index contributed by atoms with van der Waals surface area (Å²) < 4.78 is 54.1. The van der Waals surface area contributed by atoms with Crippen LogP contribution in [0.25, 0.3) is 11.0 Å². The van der Waals surface area contributed by atoms with Gasteiger partial charge in [-0.2, -0.15) is 12.7 Å². The highest BCUT2D eigenvalue weighted by Crippen LogP contribution is 2.48. The monoisotopic (exact) mass is 760 g/mol. The van der Waals surface area contributed by atoms with Gasteiger partial charge in [-0.15, -0.1) is 0 Å². The van der Waals surface area contributed by atoms with Crippen LogP contribution < -0.4 is 20.3 Å². The molecule has 6 rings (SSSR count). The van der Waals surface area contributed by atoms with E-state index < -0.39 is 58.4 Å². The summed E-state index contributed by atoms with van der Waals surface area (Å²) in [5.41, 5.74) is 6.45. The molecule has 4 N–H and O–H groups in total. The predicted octanol–water partition coefficient (Wildman–Crippen LogP) is 5.46. The molecule has 0 spiro atoms. The van der Waals surface area contributed by atoms with Crippen LogP contribution in [0.2, 0.25) is 0 Å². The molecule has 4 atom stereocenters. The van der Waals surface area contributed by atoms with Gasteiger partial charge >= 0.3 is 28.1 Å². The lowest BCUT2D eigenvalue weighted by Gasteiger charge is -2.42. The minimum absolute atomic E-state index is 0.0841. The van der Waals surface area contributed by atoms with E-state index in [2.05, 4.69) is 10.0 Å². The fourth-order valence-electron chi connectivity index (χ4n) is 9.51. The van der Waals surface area contributed by atoms with E-state index in [1.165, 1.54) is 10.4 Å². The number of carbonyl (C=O) groups is 4. The topological polar surface area (TPSA) is 178 Å². The van der Waals surface area contributed by atoms with Crippen LogP contribution in [0.4, 0.5) is 14.9 Å². The van der Waals surface area contributed by atoms with Gasteiger partial charge in [-0.3, -0.25) is 9.59 Å². The van der Waals surface area contributed by atoms with Gasteiger partial charge in [0.1, 0.15) is 23.5 Å². The molecule has 4 aliphatic rings. The van der Waals surface area contributed by atoms with Gasteiger partial charge in [0, 0.05) is 42.9 Å². The van der Waals surface area contributed by atoms with Crippen LogP contribution in [0, 0.1) is 23.7 Å². The third kappa shape index (κ3) is 8.26. The number of nitrogens with two attached hydrogens (primary N) is 1. The van der Waals surface area contributed by atoms with Crippen LogP contribution in [-0.2, 0) is 24.5 Å². The van der Waals surface area contributed by atoms with Crippen molar-refractivity contribution in [2.75, 3.05) is 26.3 Å². The normalized spacial score (nSPS) is 28.1. The standard InChI is InChI=1S/C38H54FN5O8S/c1-38(2,3)52-37(48)41-30(23-39)25-11-13-26(14-12-25)36(47)44(20-17-29(33(44)34(40)45)24-9-5-4-6-10-24)28-15-16-31-27(21-28)22-32(51-31)35(46)42-53(49,50)43-18-7-8-19-43/h15-16,21-22,24-26,29-30,33H,4-14,17-20,23H2,1-3H3,(H3-,40,41,42,45,46,48)/p+1/t25?,26?,29-,30+,33-,44?/m0/s1. The lowest BCUT2D eigenvalue weighted by molar-refractivity contribution is -0.142. The fourth-order valence-corrected chi connectivity index (χ4v) is 10.7. The first-order valence-electron chi connectivity index (χ1n) is 19.3. The summed E-state index contributed by atoms with van der Waals surface area (Å²) >= 11 is 0. The number of alkyl halides is 1. The lowest BCUT2D eigenvalue weighted by atomic mass is 9.75. The highest BCUT2D eigenvalue weighted by atomic mass is 32.2. The molecule has 1 aromatic heterocycles. The maximum Gasteiger partial charge on any atom is 0.407 e. The minimum atomic E-state index is -4.03. The van der Waals surface area contributed by atoms with Gasteiger partial charge in [-0.05, 0) is 96.1 Å². The van der Waals surface area contributed by atoms with Gasteiger partial charge in [0.15, 0.2) is 11.8 Å². The maximum atomic E-state index is 15.1. The van der Waals surface area contributed by atoms with E-state index in [1.807, 2.05) is 0 Å². The molecule has 2 aliphatic carbocycles. The lowest BCUT2D eigenvalue weighted by Crippen LogP contribution is -2.65. The number of hydrogen-bond donors (Lipinski definition) is 3. The second-order valence-electron chi connectivity index (χ2n) is 16.5. The van der Waals surface area contributed by atoms with E-state index in [1.54, 1.807) is 39.0 Å². The molecular weight excluding hydrogens is 706 g/mol. The molecule has 4 fully saturated rings. The van der Waals surface area contributed by atoms with Gasteiger partial charge in [0.05, 0.1) is 18.5 Å². The third-order valence-electron chi connectivity index (χ3n) is 12.0. The zero-order valence-corrected chi connectivity index (χ0v) is 31.9. The number of nitrogens with zero attached hydrogens (tertiary/aromatic N) is 2. The van der Waals surface area contributed by atoms with Crippen molar-refractivity contribution in [3.8, 4) is 0 Å². The summed E-state index contributed by atoms with van der Waals surface area (Å²) in [5.74, 6) is -2.17. The molecule has 2 saturated heterocycles. The Morgan fingerprint density at radius 2 is 1.66 bits per heavy atom. The highest BCUT2D eigenvalue weighted by Gasteiger charge is 2.60. The van der Waals surface area contributed by atoms with E-state index >= 15 is 4.79 Å². The molecule has 2 aromatic rings. The SMILES string of the molecule is CC(C)(C)OC(=O)N[C@H](CF)C1CCC(C(=O)[N+]2(c3ccc4oc(C(=O)NS(=O)(=O)N5CCCC5)cc4c3)CC[C@@H](C3CCCCC3)[C@H]2C(N)=O)CC1. The quantitative estimate of drug-likeness (QED) is 0.267. The van der Waals surface area contributed by atoms with Crippen molar-refractivity contribution in [2.45, 2.75) is 116 Å². The minimum Gasteiger partial charge on any atom is -0.451 e. The van der Waals surface area contributed by atoms with E-state index in [9.17, 15) is 27.2 Å². The third-order valence-corrected chi connectivity index (χ3v) is 13.5. The van der Waals surface area contributed by atoms with Crippen molar-refractivity contribution in [3.63, 3.8) is 0 Å². The average molecular weight is 761 g/mol. The Balaban J connectivity index is 1.29.